The molecular weight excluding hydrogens is 669 g/mol. The van der Waals surface area contributed by atoms with Crippen LogP contribution in [0.3, 0.4) is 0 Å². The summed E-state index contributed by atoms with van der Waals surface area (Å²) in [6, 6.07) is 60.9. The molecule has 0 atom stereocenters. The van der Waals surface area contributed by atoms with Crippen LogP contribution < -0.4 is 0 Å². The van der Waals surface area contributed by atoms with Gasteiger partial charge in [0.15, 0.2) is 5.82 Å². The molecule has 0 unspecified atom stereocenters. The first-order valence-corrected chi connectivity index (χ1v) is 19.5. The van der Waals surface area contributed by atoms with Crippen molar-refractivity contribution >= 4 is 21.9 Å². The molecule has 1 saturated carbocycles. The average molecular weight is 707 g/mol. The van der Waals surface area contributed by atoms with Gasteiger partial charge in [0.2, 0.25) is 0 Å². The van der Waals surface area contributed by atoms with Gasteiger partial charge in [0, 0.05) is 32.9 Å². The maximum absolute atomic E-state index is 6.42. The molecular formula is C52H38N2O. The Hall–Kier alpha value is -6.58. The molecule has 3 heteroatoms. The lowest BCUT2D eigenvalue weighted by Gasteiger charge is -2.36. The summed E-state index contributed by atoms with van der Waals surface area (Å²) in [5.74, 6) is 0.719. The van der Waals surface area contributed by atoms with Gasteiger partial charge in [-0.05, 0) is 87.7 Å². The molecule has 9 aromatic rings. The topological polar surface area (TPSA) is 38.9 Å². The Kier molecular flexibility index (Phi) is 7.41. The number of hydrogen-bond acceptors (Lipinski definition) is 3. The minimum atomic E-state index is 0.0704. The zero-order valence-corrected chi connectivity index (χ0v) is 30.5. The van der Waals surface area contributed by atoms with Crippen molar-refractivity contribution in [2.24, 2.45) is 0 Å². The predicted octanol–water partition coefficient (Wildman–Crippen LogP) is 13.9. The lowest BCUT2D eigenvalue weighted by Crippen LogP contribution is -2.28. The molecule has 3 nitrogen and oxygen atoms in total. The molecule has 0 radical (unpaired) electrons. The summed E-state index contributed by atoms with van der Waals surface area (Å²) in [7, 11) is 0. The molecule has 1 fully saturated rings. The van der Waals surface area contributed by atoms with Crippen LogP contribution in [0.2, 0.25) is 0 Å². The highest BCUT2D eigenvalue weighted by Crippen LogP contribution is 2.57. The van der Waals surface area contributed by atoms with Crippen LogP contribution >= 0.6 is 0 Å². The molecule has 11 rings (SSSR count). The van der Waals surface area contributed by atoms with E-state index in [0.717, 1.165) is 45.1 Å². The molecule has 0 N–H and O–H groups in total. The fourth-order valence-corrected chi connectivity index (χ4v) is 9.35. The second kappa shape index (κ2) is 12.8. The lowest BCUT2D eigenvalue weighted by molar-refractivity contribution is 0.353. The van der Waals surface area contributed by atoms with Crippen molar-refractivity contribution in [2.75, 3.05) is 0 Å². The smallest absolute Gasteiger partial charge is 0.160 e. The standard InChI is InChI=1S/C52H38N2O/c1-4-12-34(13-5-1)35-18-22-37(23-19-35)47-33-48(54-51(53-47)39-14-6-2-7-15-39)38-24-20-36(21-25-38)40-26-27-45-42(30-40)43-32-50-44(41-16-8-9-17-49(41)55-50)31-46(43)52(45)28-10-3-11-29-52/h1-2,4-9,12-27,30-33H,3,10-11,28-29H2. The molecule has 0 amide bonds. The maximum Gasteiger partial charge on any atom is 0.160 e. The van der Waals surface area contributed by atoms with Crippen molar-refractivity contribution in [1.82, 2.24) is 9.97 Å². The number of nitrogens with zero attached hydrogens (tertiary/aromatic N) is 2. The van der Waals surface area contributed by atoms with E-state index < -0.39 is 0 Å². The van der Waals surface area contributed by atoms with E-state index in [1.54, 1.807) is 0 Å². The molecule has 0 aliphatic heterocycles. The summed E-state index contributed by atoms with van der Waals surface area (Å²) in [6.45, 7) is 0. The summed E-state index contributed by atoms with van der Waals surface area (Å²) < 4.78 is 6.42. The Morgan fingerprint density at radius 2 is 0.927 bits per heavy atom. The van der Waals surface area contributed by atoms with Crippen LogP contribution in [0.5, 0.6) is 0 Å². The van der Waals surface area contributed by atoms with Gasteiger partial charge in [0.25, 0.3) is 0 Å². The van der Waals surface area contributed by atoms with Crippen molar-refractivity contribution in [3.8, 4) is 67.3 Å². The highest BCUT2D eigenvalue weighted by Gasteiger charge is 2.44. The van der Waals surface area contributed by atoms with Crippen LogP contribution in [0.1, 0.15) is 43.2 Å². The third-order valence-electron chi connectivity index (χ3n) is 12.1. The summed E-state index contributed by atoms with van der Waals surface area (Å²) >= 11 is 0. The molecule has 2 aliphatic rings. The fraction of sp³-hybridized carbons (Fsp3) is 0.115. The maximum atomic E-state index is 6.42. The van der Waals surface area contributed by atoms with E-state index >= 15 is 0 Å². The Bertz CT molecular complexity index is 2870. The third-order valence-corrected chi connectivity index (χ3v) is 12.1. The van der Waals surface area contributed by atoms with E-state index in [9.17, 15) is 0 Å². The Morgan fingerprint density at radius 1 is 0.382 bits per heavy atom. The molecule has 2 heterocycles. The first-order chi connectivity index (χ1) is 27.2. The van der Waals surface area contributed by atoms with Crippen molar-refractivity contribution in [2.45, 2.75) is 37.5 Å². The fourth-order valence-electron chi connectivity index (χ4n) is 9.35. The number of fused-ring (bicyclic) bond motifs is 8. The zero-order chi connectivity index (χ0) is 36.3. The van der Waals surface area contributed by atoms with Gasteiger partial charge in [-0.25, -0.2) is 9.97 Å². The molecule has 262 valence electrons. The molecule has 1 spiro atoms. The van der Waals surface area contributed by atoms with Gasteiger partial charge in [-0.2, -0.15) is 0 Å². The first-order valence-electron chi connectivity index (χ1n) is 19.5. The molecule has 0 saturated heterocycles. The average Bonchev–Trinajstić information content (AvgIpc) is 3.75. The monoisotopic (exact) mass is 706 g/mol. The van der Waals surface area contributed by atoms with Crippen LogP contribution in [0, 0.1) is 0 Å². The molecule has 2 aliphatic carbocycles. The summed E-state index contributed by atoms with van der Waals surface area (Å²) in [6.07, 6.45) is 6.25. The summed E-state index contributed by atoms with van der Waals surface area (Å²) in [5, 5.41) is 2.44. The Balaban J connectivity index is 0.975. The second-order valence-electron chi connectivity index (χ2n) is 15.2. The number of rotatable bonds is 5. The molecule has 0 bridgehead atoms. The van der Waals surface area contributed by atoms with Crippen LogP contribution in [0.15, 0.2) is 174 Å². The van der Waals surface area contributed by atoms with E-state index in [2.05, 4.69) is 146 Å². The van der Waals surface area contributed by atoms with Gasteiger partial charge in [-0.15, -0.1) is 0 Å². The largest absolute Gasteiger partial charge is 0.456 e. The SMILES string of the molecule is c1ccc(-c2ccc(-c3cc(-c4ccc(-c5ccc6c(c5)-c5cc7oc8ccccc8c7cc5C65CCCCC5)cc4)nc(-c4ccccc4)n3)cc2)cc1. The first kappa shape index (κ1) is 31.9. The number of benzene rings is 7. The number of furan rings is 1. The van der Waals surface area contributed by atoms with E-state index in [4.69, 9.17) is 14.4 Å². The minimum Gasteiger partial charge on any atom is -0.456 e. The molecule has 55 heavy (non-hydrogen) atoms. The number of para-hydroxylation sites is 1. The van der Waals surface area contributed by atoms with Crippen molar-refractivity contribution in [3.05, 3.63) is 181 Å². The van der Waals surface area contributed by atoms with Crippen LogP contribution in [-0.2, 0) is 5.41 Å². The quantitative estimate of drug-likeness (QED) is 0.179. The van der Waals surface area contributed by atoms with E-state index in [-0.39, 0.29) is 5.41 Å². The second-order valence-corrected chi connectivity index (χ2v) is 15.2. The van der Waals surface area contributed by atoms with Crippen molar-refractivity contribution < 1.29 is 4.42 Å². The van der Waals surface area contributed by atoms with Crippen molar-refractivity contribution in [1.29, 1.82) is 0 Å². The van der Waals surface area contributed by atoms with Crippen LogP contribution in [0.4, 0.5) is 0 Å². The lowest BCUT2D eigenvalue weighted by atomic mass is 9.67. The van der Waals surface area contributed by atoms with Crippen molar-refractivity contribution in [3.63, 3.8) is 0 Å². The minimum absolute atomic E-state index is 0.0704. The van der Waals surface area contributed by atoms with Crippen LogP contribution in [-0.4, -0.2) is 9.97 Å². The van der Waals surface area contributed by atoms with Gasteiger partial charge < -0.3 is 4.42 Å². The molecule has 7 aromatic carbocycles. The van der Waals surface area contributed by atoms with Gasteiger partial charge >= 0.3 is 0 Å². The van der Waals surface area contributed by atoms with Gasteiger partial charge in [0.1, 0.15) is 11.2 Å². The third kappa shape index (κ3) is 5.33. The Morgan fingerprint density at radius 3 is 1.62 bits per heavy atom. The number of aromatic nitrogens is 2. The Labute approximate surface area is 321 Å². The van der Waals surface area contributed by atoms with Gasteiger partial charge in [0.05, 0.1) is 11.4 Å². The van der Waals surface area contributed by atoms with Gasteiger partial charge in [-0.3, -0.25) is 0 Å². The highest BCUT2D eigenvalue weighted by molar-refractivity contribution is 6.07. The van der Waals surface area contributed by atoms with E-state index in [1.165, 1.54) is 87.4 Å². The molecule has 2 aromatic heterocycles. The highest BCUT2D eigenvalue weighted by atomic mass is 16.3. The van der Waals surface area contributed by atoms with Crippen LogP contribution in [0.25, 0.3) is 89.2 Å². The van der Waals surface area contributed by atoms with E-state index in [1.807, 2.05) is 24.3 Å². The number of hydrogen-bond donors (Lipinski definition) is 0. The van der Waals surface area contributed by atoms with E-state index in [0.29, 0.717) is 0 Å². The zero-order valence-electron chi connectivity index (χ0n) is 30.5. The summed E-state index contributed by atoms with van der Waals surface area (Å²) in [5.41, 5.74) is 17.4. The predicted molar refractivity (Wildman–Crippen MR) is 226 cm³/mol. The normalized spacial score (nSPS) is 14.3. The van der Waals surface area contributed by atoms with Gasteiger partial charge in [-0.1, -0.05) is 159 Å². The summed E-state index contributed by atoms with van der Waals surface area (Å²) in [4.78, 5) is 10.2.